The minimum absolute atomic E-state index is 0.429. The summed E-state index contributed by atoms with van der Waals surface area (Å²) >= 11 is 3.52. The summed E-state index contributed by atoms with van der Waals surface area (Å²) in [6.45, 7) is 7.61. The lowest BCUT2D eigenvalue weighted by Crippen LogP contribution is -2.03. The Morgan fingerprint density at radius 3 is 2.52 bits per heavy atom. The molecule has 0 aliphatic carbocycles. The lowest BCUT2D eigenvalue weighted by molar-refractivity contribution is 0.301. The second-order valence-corrected chi connectivity index (χ2v) is 6.51. The molecule has 2 nitrogen and oxygen atoms in total. The van der Waals surface area contributed by atoms with E-state index in [4.69, 9.17) is 10.5 Å². The highest BCUT2D eigenvalue weighted by atomic mass is 79.9. The Morgan fingerprint density at radius 2 is 1.90 bits per heavy atom. The van der Waals surface area contributed by atoms with E-state index in [1.165, 1.54) is 16.7 Å². The van der Waals surface area contributed by atoms with Gasteiger partial charge in [0, 0.05) is 11.0 Å². The number of benzene rings is 2. The molecule has 0 aliphatic heterocycles. The molecule has 112 valence electrons. The highest BCUT2D eigenvalue weighted by Gasteiger charge is 2.09. The van der Waals surface area contributed by atoms with Crippen molar-refractivity contribution in [2.75, 3.05) is 0 Å². The van der Waals surface area contributed by atoms with Crippen LogP contribution >= 0.6 is 15.9 Å². The van der Waals surface area contributed by atoms with Crippen LogP contribution in [0.5, 0.6) is 5.75 Å². The molecule has 3 heteroatoms. The van der Waals surface area contributed by atoms with Crippen molar-refractivity contribution >= 4 is 15.9 Å². The van der Waals surface area contributed by atoms with Crippen LogP contribution in [-0.4, -0.2) is 0 Å². The van der Waals surface area contributed by atoms with Crippen LogP contribution in [0.15, 0.2) is 40.9 Å². The van der Waals surface area contributed by atoms with Crippen LogP contribution < -0.4 is 10.5 Å². The van der Waals surface area contributed by atoms with Gasteiger partial charge in [-0.1, -0.05) is 48.0 Å². The molecule has 0 heterocycles. The van der Waals surface area contributed by atoms with E-state index in [2.05, 4.69) is 61.0 Å². The van der Waals surface area contributed by atoms with Crippen molar-refractivity contribution in [2.45, 2.75) is 39.8 Å². The maximum absolute atomic E-state index is 6.04. The average molecular weight is 348 g/mol. The highest BCUT2D eigenvalue weighted by molar-refractivity contribution is 9.10. The van der Waals surface area contributed by atoms with Crippen LogP contribution in [0.25, 0.3) is 0 Å². The Hall–Kier alpha value is -1.32. The van der Waals surface area contributed by atoms with Gasteiger partial charge in [-0.3, -0.25) is 0 Å². The summed E-state index contributed by atoms with van der Waals surface area (Å²) in [5, 5.41) is 0. The van der Waals surface area contributed by atoms with Crippen molar-refractivity contribution in [2.24, 2.45) is 5.73 Å². The lowest BCUT2D eigenvalue weighted by atomic mass is 10.0. The van der Waals surface area contributed by atoms with E-state index >= 15 is 0 Å². The molecule has 0 aliphatic rings. The molecule has 0 radical (unpaired) electrons. The van der Waals surface area contributed by atoms with Gasteiger partial charge >= 0.3 is 0 Å². The monoisotopic (exact) mass is 347 g/mol. The van der Waals surface area contributed by atoms with E-state index in [1.807, 2.05) is 12.1 Å². The third-order valence-electron chi connectivity index (χ3n) is 3.62. The average Bonchev–Trinajstić information content (AvgIpc) is 2.46. The molecule has 0 saturated heterocycles. The summed E-state index contributed by atoms with van der Waals surface area (Å²) < 4.78 is 7.13. The van der Waals surface area contributed by atoms with Crippen LogP contribution in [0.2, 0.25) is 0 Å². The van der Waals surface area contributed by atoms with Crippen LogP contribution in [0, 0.1) is 6.92 Å². The van der Waals surface area contributed by atoms with Gasteiger partial charge in [0.1, 0.15) is 12.4 Å². The molecule has 21 heavy (non-hydrogen) atoms. The molecule has 0 atom stereocenters. The molecule has 0 spiro atoms. The predicted molar refractivity (Wildman–Crippen MR) is 91.6 cm³/mol. The third-order valence-corrected chi connectivity index (χ3v) is 4.11. The van der Waals surface area contributed by atoms with Gasteiger partial charge in [-0.25, -0.2) is 0 Å². The van der Waals surface area contributed by atoms with E-state index in [-0.39, 0.29) is 0 Å². The molecule has 2 aromatic carbocycles. The number of rotatable bonds is 5. The van der Waals surface area contributed by atoms with E-state index < -0.39 is 0 Å². The lowest BCUT2D eigenvalue weighted by Gasteiger charge is -2.15. The molecule has 0 bridgehead atoms. The molecule has 2 rings (SSSR count). The predicted octanol–water partition coefficient (Wildman–Crippen LogP) is 4.92. The van der Waals surface area contributed by atoms with Gasteiger partial charge < -0.3 is 10.5 Å². The van der Waals surface area contributed by atoms with Gasteiger partial charge in [0.15, 0.2) is 0 Å². The standard InChI is InChI=1S/C18H22BrNO/c1-12(2)17-9-16(19)6-7-18(17)21-11-15-5-4-14(10-20)8-13(15)3/h4-9,12H,10-11,20H2,1-3H3. The maximum Gasteiger partial charge on any atom is 0.123 e. The molecule has 0 fully saturated rings. The number of ether oxygens (including phenoxy) is 1. The zero-order chi connectivity index (χ0) is 15.4. The summed E-state index contributed by atoms with van der Waals surface area (Å²) in [6.07, 6.45) is 0. The summed E-state index contributed by atoms with van der Waals surface area (Å²) in [4.78, 5) is 0. The Bertz CT molecular complexity index is 623. The fourth-order valence-electron chi connectivity index (χ4n) is 2.30. The normalized spacial score (nSPS) is 11.0. The van der Waals surface area contributed by atoms with Crippen molar-refractivity contribution in [1.82, 2.24) is 0 Å². The second kappa shape index (κ2) is 7.10. The summed E-state index contributed by atoms with van der Waals surface area (Å²) in [6, 6.07) is 12.5. The molecule has 2 N–H and O–H groups in total. The van der Waals surface area contributed by atoms with Gasteiger partial charge in [0.05, 0.1) is 0 Å². The Kier molecular flexibility index (Phi) is 5.43. The van der Waals surface area contributed by atoms with Crippen molar-refractivity contribution in [3.8, 4) is 5.75 Å². The minimum Gasteiger partial charge on any atom is -0.489 e. The van der Waals surface area contributed by atoms with Gasteiger partial charge in [-0.2, -0.15) is 0 Å². The molecule has 0 saturated carbocycles. The smallest absolute Gasteiger partial charge is 0.123 e. The van der Waals surface area contributed by atoms with Crippen molar-refractivity contribution in [1.29, 1.82) is 0 Å². The maximum atomic E-state index is 6.04. The second-order valence-electron chi connectivity index (χ2n) is 5.59. The van der Waals surface area contributed by atoms with Crippen molar-refractivity contribution in [3.63, 3.8) is 0 Å². The molecular formula is C18H22BrNO. The van der Waals surface area contributed by atoms with Gasteiger partial charge in [0.2, 0.25) is 0 Å². The van der Waals surface area contributed by atoms with E-state index in [9.17, 15) is 0 Å². The van der Waals surface area contributed by atoms with Crippen molar-refractivity contribution in [3.05, 3.63) is 63.1 Å². The number of nitrogens with two attached hydrogens (primary N) is 1. The van der Waals surface area contributed by atoms with Crippen LogP contribution in [0.4, 0.5) is 0 Å². The van der Waals surface area contributed by atoms with Gasteiger partial charge in [0.25, 0.3) is 0 Å². The fourth-order valence-corrected chi connectivity index (χ4v) is 2.68. The molecule has 0 amide bonds. The van der Waals surface area contributed by atoms with Crippen molar-refractivity contribution < 1.29 is 4.74 Å². The highest BCUT2D eigenvalue weighted by Crippen LogP contribution is 2.30. The topological polar surface area (TPSA) is 35.2 Å². The first-order valence-corrected chi connectivity index (χ1v) is 8.01. The van der Waals surface area contributed by atoms with Crippen LogP contribution in [-0.2, 0) is 13.2 Å². The summed E-state index contributed by atoms with van der Waals surface area (Å²) in [7, 11) is 0. The zero-order valence-electron chi connectivity index (χ0n) is 12.8. The van der Waals surface area contributed by atoms with E-state index in [0.29, 0.717) is 19.1 Å². The largest absolute Gasteiger partial charge is 0.489 e. The van der Waals surface area contributed by atoms with Gasteiger partial charge in [-0.05, 0) is 53.3 Å². The fraction of sp³-hybridized carbons (Fsp3) is 0.333. The first-order valence-electron chi connectivity index (χ1n) is 7.22. The summed E-state index contributed by atoms with van der Waals surface area (Å²) in [5.74, 6) is 1.38. The molecule has 2 aromatic rings. The van der Waals surface area contributed by atoms with Gasteiger partial charge in [-0.15, -0.1) is 0 Å². The van der Waals surface area contributed by atoms with E-state index in [1.54, 1.807) is 0 Å². The first-order chi connectivity index (χ1) is 10.0. The summed E-state index contributed by atoms with van der Waals surface area (Å²) in [5.41, 5.74) is 10.5. The third kappa shape index (κ3) is 4.08. The molecule has 0 unspecified atom stereocenters. The molecular weight excluding hydrogens is 326 g/mol. The quantitative estimate of drug-likeness (QED) is 0.832. The Labute approximate surface area is 135 Å². The number of hydrogen-bond donors (Lipinski definition) is 1. The first kappa shape index (κ1) is 16.1. The SMILES string of the molecule is Cc1cc(CN)ccc1COc1ccc(Br)cc1C(C)C. The van der Waals surface area contributed by atoms with Crippen LogP contribution in [0.3, 0.4) is 0 Å². The molecule has 0 aromatic heterocycles. The Balaban J connectivity index is 2.16. The number of hydrogen-bond acceptors (Lipinski definition) is 2. The zero-order valence-corrected chi connectivity index (χ0v) is 14.4. The Morgan fingerprint density at radius 1 is 1.14 bits per heavy atom. The number of aryl methyl sites for hydroxylation is 1. The number of halogens is 1. The van der Waals surface area contributed by atoms with E-state index in [0.717, 1.165) is 15.8 Å². The minimum atomic E-state index is 0.429. The van der Waals surface area contributed by atoms with Crippen LogP contribution in [0.1, 0.15) is 42.0 Å².